The largest absolute Gasteiger partial charge is 0.334 e. The molecule has 0 atom stereocenters. The van der Waals surface area contributed by atoms with Gasteiger partial charge in [0.15, 0.2) is 0 Å². The van der Waals surface area contributed by atoms with Crippen LogP contribution in [0.2, 0.25) is 0 Å². The van der Waals surface area contributed by atoms with Gasteiger partial charge in [-0.3, -0.25) is 4.90 Å². The minimum absolute atomic E-state index is 0.670. The molecule has 0 unspecified atom stereocenters. The van der Waals surface area contributed by atoms with Gasteiger partial charge in [-0.1, -0.05) is 13.8 Å². The number of imidazole rings is 1. The summed E-state index contributed by atoms with van der Waals surface area (Å²) in [5.74, 6) is 1.84. The lowest BCUT2D eigenvalue weighted by molar-refractivity contribution is 0.220. The summed E-state index contributed by atoms with van der Waals surface area (Å²) in [4.78, 5) is 6.97. The average molecular weight is 277 g/mol. The maximum atomic E-state index is 4.49. The van der Waals surface area contributed by atoms with Gasteiger partial charge in [-0.25, -0.2) is 4.98 Å². The normalized spacial score (nSPS) is 11.6. The van der Waals surface area contributed by atoms with E-state index in [1.807, 2.05) is 6.20 Å². The Morgan fingerprint density at radius 2 is 2.21 bits per heavy atom. The molecule has 0 radical (unpaired) electrons. The van der Waals surface area contributed by atoms with E-state index < -0.39 is 0 Å². The van der Waals surface area contributed by atoms with Crippen molar-refractivity contribution in [1.29, 1.82) is 0 Å². The molecule has 0 aromatic carbocycles. The summed E-state index contributed by atoms with van der Waals surface area (Å²) >= 11 is 1.77. The van der Waals surface area contributed by atoms with Gasteiger partial charge in [0, 0.05) is 32.0 Å². The van der Waals surface area contributed by atoms with E-state index >= 15 is 0 Å². The molecule has 2 aromatic heterocycles. The van der Waals surface area contributed by atoms with E-state index in [2.05, 4.69) is 58.2 Å². The van der Waals surface area contributed by atoms with Crippen molar-refractivity contribution in [2.24, 2.45) is 5.92 Å². The molecule has 3 nitrogen and oxygen atoms in total. The van der Waals surface area contributed by atoms with Crippen LogP contribution in [-0.4, -0.2) is 21.0 Å². The number of nitrogens with zero attached hydrogens (tertiary/aromatic N) is 3. The van der Waals surface area contributed by atoms with E-state index in [1.165, 1.54) is 11.4 Å². The third-order valence-corrected chi connectivity index (χ3v) is 3.85. The zero-order valence-corrected chi connectivity index (χ0v) is 12.9. The molecule has 2 heterocycles. The monoisotopic (exact) mass is 277 g/mol. The molecule has 4 heteroatoms. The molecule has 0 saturated carbocycles. The van der Waals surface area contributed by atoms with Crippen molar-refractivity contribution in [3.8, 4) is 0 Å². The number of rotatable bonds is 7. The van der Waals surface area contributed by atoms with E-state index in [1.54, 1.807) is 11.3 Å². The van der Waals surface area contributed by atoms with Gasteiger partial charge in [0.05, 0.1) is 6.54 Å². The number of aromatic nitrogens is 2. The maximum Gasteiger partial charge on any atom is 0.122 e. The lowest BCUT2D eigenvalue weighted by atomic mass is 10.2. The van der Waals surface area contributed by atoms with E-state index in [0.717, 1.165) is 26.2 Å². The first-order chi connectivity index (χ1) is 9.19. The highest BCUT2D eigenvalue weighted by atomic mass is 32.1. The molecule has 0 fully saturated rings. The Bertz CT molecular complexity index is 473. The predicted molar refractivity (Wildman–Crippen MR) is 81.2 cm³/mol. The number of hydrogen-bond donors (Lipinski definition) is 0. The molecule has 0 spiro atoms. The zero-order chi connectivity index (χ0) is 13.7. The van der Waals surface area contributed by atoms with E-state index in [0.29, 0.717) is 5.92 Å². The minimum Gasteiger partial charge on any atom is -0.334 e. The fourth-order valence-corrected chi connectivity index (χ4v) is 2.98. The third kappa shape index (κ3) is 4.18. The molecular formula is C15H23N3S. The van der Waals surface area contributed by atoms with Crippen molar-refractivity contribution >= 4 is 11.3 Å². The van der Waals surface area contributed by atoms with Crippen molar-refractivity contribution in [3.05, 3.63) is 40.6 Å². The van der Waals surface area contributed by atoms with E-state index in [9.17, 15) is 0 Å². The standard InChI is InChI=1S/C15H23N3S/c1-4-18-7-6-16-15(18)11-17(9-13(2)3)10-14-5-8-19-12-14/h5-8,12-13H,4,9-11H2,1-3H3. The molecule has 104 valence electrons. The Hall–Kier alpha value is -1.13. The fourth-order valence-electron chi connectivity index (χ4n) is 2.32. The first-order valence-electron chi connectivity index (χ1n) is 6.92. The van der Waals surface area contributed by atoms with Crippen molar-refractivity contribution < 1.29 is 0 Å². The number of aryl methyl sites for hydroxylation is 1. The molecule has 0 aliphatic rings. The summed E-state index contributed by atoms with van der Waals surface area (Å²) in [6, 6.07) is 2.21. The molecule has 0 N–H and O–H groups in total. The van der Waals surface area contributed by atoms with Gasteiger partial charge < -0.3 is 4.57 Å². The molecule has 0 aliphatic carbocycles. The van der Waals surface area contributed by atoms with Crippen molar-refractivity contribution in [1.82, 2.24) is 14.5 Å². The van der Waals surface area contributed by atoms with Crippen molar-refractivity contribution in [2.45, 2.75) is 40.4 Å². The summed E-state index contributed by atoms with van der Waals surface area (Å²) in [6.07, 6.45) is 3.96. The lowest BCUT2D eigenvalue weighted by Crippen LogP contribution is -2.28. The molecule has 19 heavy (non-hydrogen) atoms. The Labute approximate surface area is 119 Å². The van der Waals surface area contributed by atoms with Gasteiger partial charge in [0.2, 0.25) is 0 Å². The second-order valence-electron chi connectivity index (χ2n) is 5.32. The Morgan fingerprint density at radius 3 is 2.84 bits per heavy atom. The molecular weight excluding hydrogens is 254 g/mol. The average Bonchev–Trinajstić information content (AvgIpc) is 2.99. The molecule has 0 bridgehead atoms. The molecule has 0 amide bonds. The summed E-state index contributed by atoms with van der Waals surface area (Å²) < 4.78 is 2.22. The Morgan fingerprint density at radius 1 is 1.37 bits per heavy atom. The summed E-state index contributed by atoms with van der Waals surface area (Å²) in [5.41, 5.74) is 1.40. The van der Waals surface area contributed by atoms with Gasteiger partial charge in [-0.2, -0.15) is 11.3 Å². The fraction of sp³-hybridized carbons (Fsp3) is 0.533. The van der Waals surface area contributed by atoms with Crippen molar-refractivity contribution in [3.63, 3.8) is 0 Å². The van der Waals surface area contributed by atoms with Gasteiger partial charge in [-0.15, -0.1) is 0 Å². The molecule has 0 saturated heterocycles. The van der Waals surface area contributed by atoms with Crippen molar-refractivity contribution in [2.75, 3.05) is 6.54 Å². The van der Waals surface area contributed by atoms with E-state index in [-0.39, 0.29) is 0 Å². The van der Waals surface area contributed by atoms with Crippen LogP contribution in [0.1, 0.15) is 32.2 Å². The van der Waals surface area contributed by atoms with Gasteiger partial charge in [0.1, 0.15) is 5.82 Å². The SMILES string of the molecule is CCn1ccnc1CN(Cc1ccsc1)CC(C)C. The van der Waals surface area contributed by atoms with Crippen LogP contribution in [0.3, 0.4) is 0 Å². The van der Waals surface area contributed by atoms with Gasteiger partial charge in [0.25, 0.3) is 0 Å². The number of thiophene rings is 1. The van der Waals surface area contributed by atoms with Crippen LogP contribution in [0, 0.1) is 5.92 Å². The topological polar surface area (TPSA) is 21.1 Å². The highest BCUT2D eigenvalue weighted by Gasteiger charge is 2.12. The van der Waals surface area contributed by atoms with Crippen LogP contribution in [0.25, 0.3) is 0 Å². The Balaban J connectivity index is 2.05. The second-order valence-corrected chi connectivity index (χ2v) is 6.10. The van der Waals surface area contributed by atoms with Crippen LogP contribution in [-0.2, 0) is 19.6 Å². The zero-order valence-electron chi connectivity index (χ0n) is 12.0. The smallest absolute Gasteiger partial charge is 0.122 e. The van der Waals surface area contributed by atoms with E-state index in [4.69, 9.17) is 0 Å². The predicted octanol–water partition coefficient (Wildman–Crippen LogP) is 3.62. The molecule has 2 rings (SSSR count). The van der Waals surface area contributed by atoms with Crippen LogP contribution in [0.15, 0.2) is 29.2 Å². The summed E-state index contributed by atoms with van der Waals surface area (Å²) in [7, 11) is 0. The quantitative estimate of drug-likeness (QED) is 0.770. The van der Waals surface area contributed by atoms with Crippen LogP contribution in [0.5, 0.6) is 0 Å². The second kappa shape index (κ2) is 6.87. The lowest BCUT2D eigenvalue weighted by Gasteiger charge is -2.23. The minimum atomic E-state index is 0.670. The highest BCUT2D eigenvalue weighted by Crippen LogP contribution is 2.13. The van der Waals surface area contributed by atoms with Gasteiger partial charge >= 0.3 is 0 Å². The first kappa shape index (κ1) is 14.3. The van der Waals surface area contributed by atoms with Crippen LogP contribution >= 0.6 is 11.3 Å². The molecule has 0 aliphatic heterocycles. The maximum absolute atomic E-state index is 4.49. The third-order valence-electron chi connectivity index (χ3n) is 3.12. The summed E-state index contributed by atoms with van der Waals surface area (Å²) in [5, 5.41) is 4.38. The first-order valence-corrected chi connectivity index (χ1v) is 7.86. The van der Waals surface area contributed by atoms with Gasteiger partial charge in [-0.05, 0) is 35.2 Å². The Kier molecular flexibility index (Phi) is 5.16. The summed E-state index contributed by atoms with van der Waals surface area (Å²) in [6.45, 7) is 10.7. The van der Waals surface area contributed by atoms with Crippen LogP contribution in [0.4, 0.5) is 0 Å². The highest BCUT2D eigenvalue weighted by molar-refractivity contribution is 7.07. The number of hydrogen-bond acceptors (Lipinski definition) is 3. The van der Waals surface area contributed by atoms with Crippen LogP contribution < -0.4 is 0 Å². The molecule has 2 aromatic rings.